The maximum absolute atomic E-state index is 12.4. The van der Waals surface area contributed by atoms with Crippen molar-refractivity contribution >= 4 is 33.7 Å². The van der Waals surface area contributed by atoms with E-state index >= 15 is 0 Å². The minimum atomic E-state index is -0.416. The molecule has 1 atom stereocenters. The second-order valence-corrected chi connectivity index (χ2v) is 7.38. The lowest BCUT2D eigenvalue weighted by molar-refractivity contribution is -0.130. The molecule has 0 aliphatic carbocycles. The number of rotatable bonds is 3. The normalized spacial score (nSPS) is 23.6. The molecule has 6 nitrogen and oxygen atoms in total. The molecule has 2 aliphatic heterocycles. The Balaban J connectivity index is 1.74. The Labute approximate surface area is 142 Å². The number of nitrogens with zero attached hydrogens (tertiary/aromatic N) is 2. The number of carbonyl (C=O) groups is 3. The minimum Gasteiger partial charge on any atom is -0.341 e. The number of hydrogen-bond acceptors (Lipinski definition) is 4. The fraction of sp³-hybridized carbons (Fsp3) is 0.438. The number of carbonyl (C=O) groups excluding carboxylic acids is 3. The van der Waals surface area contributed by atoms with Crippen molar-refractivity contribution in [3.63, 3.8) is 0 Å². The molecule has 1 unspecified atom stereocenters. The molecule has 3 rings (SSSR count). The van der Waals surface area contributed by atoms with Crippen molar-refractivity contribution < 1.29 is 14.4 Å². The van der Waals surface area contributed by atoms with Crippen LogP contribution in [-0.2, 0) is 4.79 Å². The van der Waals surface area contributed by atoms with Crippen molar-refractivity contribution in [2.24, 2.45) is 11.1 Å². The quantitative estimate of drug-likeness (QED) is 0.800. The van der Waals surface area contributed by atoms with E-state index in [0.717, 1.165) is 15.8 Å². The number of likely N-dealkylation sites (tertiary alicyclic amines) is 1. The molecule has 0 spiro atoms. The van der Waals surface area contributed by atoms with E-state index in [1.165, 1.54) is 0 Å². The molecule has 122 valence electrons. The molecule has 7 heteroatoms. The summed E-state index contributed by atoms with van der Waals surface area (Å²) < 4.78 is 0.726. The predicted molar refractivity (Wildman–Crippen MR) is 87.9 cm³/mol. The summed E-state index contributed by atoms with van der Waals surface area (Å²) >= 11 is 3.29. The first-order valence-corrected chi connectivity index (χ1v) is 8.27. The van der Waals surface area contributed by atoms with Gasteiger partial charge in [-0.3, -0.25) is 19.3 Å². The SMILES string of the molecule is CC1(CN)CCN(C(=O)CN2C(=O)c3ccc(Br)cc3C2=O)C1. The van der Waals surface area contributed by atoms with Gasteiger partial charge in [-0.15, -0.1) is 0 Å². The summed E-state index contributed by atoms with van der Waals surface area (Å²) in [6, 6.07) is 4.93. The minimum absolute atomic E-state index is 0.0808. The third-order valence-corrected chi connectivity index (χ3v) is 5.12. The molecule has 1 aromatic carbocycles. The lowest BCUT2D eigenvalue weighted by Crippen LogP contribution is -2.43. The highest BCUT2D eigenvalue weighted by molar-refractivity contribution is 9.10. The van der Waals surface area contributed by atoms with Gasteiger partial charge >= 0.3 is 0 Å². The summed E-state index contributed by atoms with van der Waals surface area (Å²) in [5, 5.41) is 0. The van der Waals surface area contributed by atoms with Crippen LogP contribution in [0.3, 0.4) is 0 Å². The lowest BCUT2D eigenvalue weighted by Gasteiger charge is -2.24. The molecule has 2 aliphatic rings. The highest BCUT2D eigenvalue weighted by Crippen LogP contribution is 2.30. The van der Waals surface area contributed by atoms with Crippen LogP contribution in [0.5, 0.6) is 0 Å². The van der Waals surface area contributed by atoms with Crippen LogP contribution in [-0.4, -0.2) is 53.7 Å². The Morgan fingerprint density at radius 3 is 2.65 bits per heavy atom. The Morgan fingerprint density at radius 2 is 2.00 bits per heavy atom. The van der Waals surface area contributed by atoms with Gasteiger partial charge in [0.1, 0.15) is 6.54 Å². The van der Waals surface area contributed by atoms with E-state index in [4.69, 9.17) is 5.73 Å². The second-order valence-electron chi connectivity index (χ2n) is 6.47. The van der Waals surface area contributed by atoms with Crippen molar-refractivity contribution in [1.82, 2.24) is 9.80 Å². The number of nitrogens with two attached hydrogens (primary N) is 1. The molecular formula is C16H18BrN3O3. The van der Waals surface area contributed by atoms with Crippen LogP contribution in [0, 0.1) is 5.41 Å². The number of amides is 3. The highest BCUT2D eigenvalue weighted by Gasteiger charge is 2.40. The van der Waals surface area contributed by atoms with E-state index in [1.54, 1.807) is 23.1 Å². The summed E-state index contributed by atoms with van der Waals surface area (Å²) in [6.07, 6.45) is 0.838. The molecule has 1 saturated heterocycles. The van der Waals surface area contributed by atoms with E-state index in [-0.39, 0.29) is 17.9 Å². The largest absolute Gasteiger partial charge is 0.341 e. The molecule has 0 radical (unpaired) electrons. The van der Waals surface area contributed by atoms with Crippen LogP contribution in [0.2, 0.25) is 0 Å². The Kier molecular flexibility index (Phi) is 4.01. The van der Waals surface area contributed by atoms with E-state index in [9.17, 15) is 14.4 Å². The second kappa shape index (κ2) is 5.72. The topological polar surface area (TPSA) is 83.7 Å². The van der Waals surface area contributed by atoms with Gasteiger partial charge in [-0.05, 0) is 36.6 Å². The van der Waals surface area contributed by atoms with Gasteiger partial charge < -0.3 is 10.6 Å². The first-order chi connectivity index (χ1) is 10.8. The summed E-state index contributed by atoms with van der Waals surface area (Å²) in [5.41, 5.74) is 6.35. The molecule has 1 fully saturated rings. The average molecular weight is 380 g/mol. The van der Waals surface area contributed by atoms with Crippen molar-refractivity contribution in [3.05, 3.63) is 33.8 Å². The predicted octanol–water partition coefficient (Wildman–Crippen LogP) is 1.24. The maximum atomic E-state index is 12.4. The summed E-state index contributed by atoms with van der Waals surface area (Å²) in [7, 11) is 0. The molecule has 2 heterocycles. The van der Waals surface area contributed by atoms with Gasteiger partial charge in [0.2, 0.25) is 5.91 Å². The molecular weight excluding hydrogens is 362 g/mol. The fourth-order valence-electron chi connectivity index (χ4n) is 3.05. The Morgan fingerprint density at radius 1 is 1.30 bits per heavy atom. The number of benzene rings is 1. The monoisotopic (exact) mass is 379 g/mol. The number of halogens is 1. The summed E-state index contributed by atoms with van der Waals surface area (Å²) in [4.78, 5) is 39.9. The molecule has 0 aromatic heterocycles. The summed E-state index contributed by atoms with van der Waals surface area (Å²) in [5.74, 6) is -1.04. The molecule has 1 aromatic rings. The van der Waals surface area contributed by atoms with Gasteiger partial charge in [-0.2, -0.15) is 0 Å². The highest BCUT2D eigenvalue weighted by atomic mass is 79.9. The fourth-order valence-corrected chi connectivity index (χ4v) is 3.41. The van der Waals surface area contributed by atoms with Gasteiger partial charge in [0.05, 0.1) is 11.1 Å². The maximum Gasteiger partial charge on any atom is 0.262 e. The third-order valence-electron chi connectivity index (χ3n) is 4.63. The molecule has 0 bridgehead atoms. The lowest BCUT2D eigenvalue weighted by atomic mass is 9.90. The van der Waals surface area contributed by atoms with Crippen LogP contribution in [0.4, 0.5) is 0 Å². The number of hydrogen-bond donors (Lipinski definition) is 1. The van der Waals surface area contributed by atoms with E-state index in [0.29, 0.717) is 30.8 Å². The van der Waals surface area contributed by atoms with Crippen LogP contribution < -0.4 is 5.73 Å². The first-order valence-electron chi connectivity index (χ1n) is 7.48. The van der Waals surface area contributed by atoms with Crippen LogP contribution in [0.15, 0.2) is 22.7 Å². The first kappa shape index (κ1) is 16.1. The van der Waals surface area contributed by atoms with Gasteiger partial charge in [-0.1, -0.05) is 22.9 Å². The average Bonchev–Trinajstić information content (AvgIpc) is 3.03. The van der Waals surface area contributed by atoms with Gasteiger partial charge in [-0.25, -0.2) is 0 Å². The van der Waals surface area contributed by atoms with Crippen LogP contribution in [0.25, 0.3) is 0 Å². The third kappa shape index (κ3) is 2.79. The zero-order chi connectivity index (χ0) is 16.8. The van der Waals surface area contributed by atoms with Gasteiger partial charge in [0, 0.05) is 17.6 Å². The van der Waals surface area contributed by atoms with E-state index < -0.39 is 11.8 Å². The van der Waals surface area contributed by atoms with Crippen LogP contribution >= 0.6 is 15.9 Å². The van der Waals surface area contributed by atoms with Crippen molar-refractivity contribution in [2.45, 2.75) is 13.3 Å². The van der Waals surface area contributed by atoms with Gasteiger partial charge in [0.15, 0.2) is 0 Å². The zero-order valence-corrected chi connectivity index (χ0v) is 14.4. The number of fused-ring (bicyclic) bond motifs is 1. The van der Waals surface area contributed by atoms with Crippen molar-refractivity contribution in [1.29, 1.82) is 0 Å². The van der Waals surface area contributed by atoms with Crippen molar-refractivity contribution in [2.75, 3.05) is 26.2 Å². The Bertz CT molecular complexity index is 706. The standard InChI is InChI=1S/C16H18BrN3O3/c1-16(8-18)4-5-19(9-16)13(21)7-20-14(22)11-3-2-10(17)6-12(11)15(20)23/h2-3,6H,4-5,7-9,18H2,1H3. The van der Waals surface area contributed by atoms with E-state index in [2.05, 4.69) is 15.9 Å². The summed E-state index contributed by atoms with van der Waals surface area (Å²) in [6.45, 7) is 3.51. The van der Waals surface area contributed by atoms with Crippen molar-refractivity contribution in [3.8, 4) is 0 Å². The number of imide groups is 1. The zero-order valence-electron chi connectivity index (χ0n) is 12.8. The molecule has 3 amide bonds. The molecule has 23 heavy (non-hydrogen) atoms. The van der Waals surface area contributed by atoms with Crippen LogP contribution in [0.1, 0.15) is 34.1 Å². The van der Waals surface area contributed by atoms with E-state index in [1.807, 2.05) is 6.92 Å². The smallest absolute Gasteiger partial charge is 0.262 e. The molecule has 2 N–H and O–H groups in total. The van der Waals surface area contributed by atoms with Gasteiger partial charge in [0.25, 0.3) is 11.8 Å². The molecule has 0 saturated carbocycles. The Hall–Kier alpha value is -1.73.